The molecule has 3 rings (SSSR count). The maximum atomic E-state index is 5.16. The molecule has 1 atom stereocenters. The average molecular weight is 337 g/mol. The maximum absolute atomic E-state index is 5.16. The van der Waals surface area contributed by atoms with Crippen LogP contribution in [0.1, 0.15) is 29.0 Å². The molecule has 0 saturated carbocycles. The zero-order valence-electron chi connectivity index (χ0n) is 15.1. The van der Waals surface area contributed by atoms with E-state index >= 15 is 0 Å². The van der Waals surface area contributed by atoms with E-state index < -0.39 is 0 Å². The Morgan fingerprint density at radius 1 is 1.12 bits per heavy atom. The van der Waals surface area contributed by atoms with Gasteiger partial charge >= 0.3 is 0 Å². The van der Waals surface area contributed by atoms with Crippen LogP contribution in [-0.4, -0.2) is 38.1 Å². The van der Waals surface area contributed by atoms with Crippen molar-refractivity contribution in [2.45, 2.75) is 25.5 Å². The van der Waals surface area contributed by atoms with Gasteiger partial charge in [0.1, 0.15) is 0 Å². The number of hydrogen-bond donors (Lipinski definition) is 1. The van der Waals surface area contributed by atoms with Crippen LogP contribution in [0.15, 0.2) is 59.6 Å². The van der Waals surface area contributed by atoms with E-state index in [0.29, 0.717) is 12.5 Å². The van der Waals surface area contributed by atoms with Crippen molar-refractivity contribution < 1.29 is 4.74 Å². The predicted octanol–water partition coefficient (Wildman–Crippen LogP) is 3.40. The third-order valence-electron chi connectivity index (χ3n) is 4.76. The van der Waals surface area contributed by atoms with Crippen LogP contribution in [0.25, 0.3) is 0 Å². The number of benzene rings is 2. The van der Waals surface area contributed by atoms with Crippen molar-refractivity contribution >= 4 is 5.96 Å². The summed E-state index contributed by atoms with van der Waals surface area (Å²) in [6, 6.07) is 19.3. The first-order valence-electron chi connectivity index (χ1n) is 8.87. The molecule has 1 heterocycles. The lowest BCUT2D eigenvalue weighted by Crippen LogP contribution is -2.39. The fourth-order valence-electron chi connectivity index (χ4n) is 3.38. The summed E-state index contributed by atoms with van der Waals surface area (Å²) < 4.78 is 5.16. The average Bonchev–Trinajstić information content (AvgIpc) is 3.15. The number of guanidine groups is 1. The predicted molar refractivity (Wildman–Crippen MR) is 103 cm³/mol. The van der Waals surface area contributed by atoms with Crippen molar-refractivity contribution in [1.82, 2.24) is 10.2 Å². The fraction of sp³-hybridized carbons (Fsp3) is 0.381. The molecule has 1 N–H and O–H groups in total. The second-order valence-electron chi connectivity index (χ2n) is 6.49. The minimum Gasteiger partial charge on any atom is -0.380 e. The lowest BCUT2D eigenvalue weighted by Gasteiger charge is -2.22. The molecule has 1 saturated heterocycles. The SMILES string of the molecule is CN=C(NCc1ccc(COC)cc1)N1CCC(c2ccccc2)C1. The van der Waals surface area contributed by atoms with E-state index in [-0.39, 0.29) is 0 Å². The zero-order chi connectivity index (χ0) is 17.5. The molecular weight excluding hydrogens is 310 g/mol. The number of rotatable bonds is 5. The van der Waals surface area contributed by atoms with Gasteiger partial charge in [0.2, 0.25) is 0 Å². The number of hydrogen-bond acceptors (Lipinski definition) is 2. The van der Waals surface area contributed by atoms with Gasteiger partial charge in [0.25, 0.3) is 0 Å². The van der Waals surface area contributed by atoms with Crippen molar-refractivity contribution in [3.8, 4) is 0 Å². The summed E-state index contributed by atoms with van der Waals surface area (Å²) in [7, 11) is 3.58. The highest BCUT2D eigenvalue weighted by Crippen LogP contribution is 2.26. The number of nitrogens with zero attached hydrogens (tertiary/aromatic N) is 2. The Morgan fingerprint density at radius 3 is 2.52 bits per heavy atom. The molecule has 0 bridgehead atoms. The minimum atomic E-state index is 0.591. The van der Waals surface area contributed by atoms with E-state index in [0.717, 1.165) is 25.6 Å². The van der Waals surface area contributed by atoms with Crippen LogP contribution in [0.3, 0.4) is 0 Å². The Labute approximate surface area is 150 Å². The first kappa shape index (κ1) is 17.5. The molecule has 2 aromatic rings. The summed E-state index contributed by atoms with van der Waals surface area (Å²) in [6.45, 7) is 3.51. The minimum absolute atomic E-state index is 0.591. The Bertz CT molecular complexity index is 682. The van der Waals surface area contributed by atoms with E-state index in [4.69, 9.17) is 4.74 Å². The van der Waals surface area contributed by atoms with Crippen molar-refractivity contribution in [2.24, 2.45) is 4.99 Å². The molecule has 0 amide bonds. The lowest BCUT2D eigenvalue weighted by atomic mass is 9.99. The van der Waals surface area contributed by atoms with Gasteiger partial charge in [0.05, 0.1) is 6.61 Å². The van der Waals surface area contributed by atoms with Crippen LogP contribution in [0.4, 0.5) is 0 Å². The monoisotopic (exact) mass is 337 g/mol. The molecule has 0 aliphatic carbocycles. The van der Waals surface area contributed by atoms with Crippen molar-refractivity contribution in [3.63, 3.8) is 0 Å². The Hall–Kier alpha value is -2.33. The van der Waals surface area contributed by atoms with Crippen LogP contribution in [-0.2, 0) is 17.9 Å². The van der Waals surface area contributed by atoms with E-state index in [9.17, 15) is 0 Å². The van der Waals surface area contributed by atoms with Crippen molar-refractivity contribution in [1.29, 1.82) is 0 Å². The lowest BCUT2D eigenvalue weighted by molar-refractivity contribution is 0.185. The highest BCUT2D eigenvalue weighted by Gasteiger charge is 2.25. The molecule has 1 aliphatic rings. The number of likely N-dealkylation sites (tertiary alicyclic amines) is 1. The molecule has 2 aromatic carbocycles. The maximum Gasteiger partial charge on any atom is 0.193 e. The second-order valence-corrected chi connectivity index (χ2v) is 6.49. The first-order valence-corrected chi connectivity index (χ1v) is 8.87. The first-order chi connectivity index (χ1) is 12.3. The highest BCUT2D eigenvalue weighted by atomic mass is 16.5. The van der Waals surface area contributed by atoms with Gasteiger partial charge in [-0.05, 0) is 23.1 Å². The molecule has 1 unspecified atom stereocenters. The van der Waals surface area contributed by atoms with E-state index in [1.807, 2.05) is 7.05 Å². The zero-order valence-corrected chi connectivity index (χ0v) is 15.1. The van der Waals surface area contributed by atoms with Gasteiger partial charge in [-0.15, -0.1) is 0 Å². The highest BCUT2D eigenvalue weighted by molar-refractivity contribution is 5.80. The summed E-state index contributed by atoms with van der Waals surface area (Å²) in [5.74, 6) is 1.58. The molecule has 0 radical (unpaired) electrons. The van der Waals surface area contributed by atoms with Crippen LogP contribution in [0.2, 0.25) is 0 Å². The fourth-order valence-corrected chi connectivity index (χ4v) is 3.38. The van der Waals surface area contributed by atoms with Crippen LogP contribution >= 0.6 is 0 Å². The summed E-state index contributed by atoms with van der Waals surface area (Å²) in [5, 5.41) is 3.50. The summed E-state index contributed by atoms with van der Waals surface area (Å²) in [6.07, 6.45) is 1.18. The number of methoxy groups -OCH3 is 1. The van der Waals surface area contributed by atoms with Crippen molar-refractivity contribution in [3.05, 3.63) is 71.3 Å². The Kier molecular flexibility index (Phi) is 6.07. The molecule has 1 fully saturated rings. The third-order valence-corrected chi connectivity index (χ3v) is 4.76. The summed E-state index contributed by atoms with van der Waals surface area (Å²) in [4.78, 5) is 6.83. The van der Waals surface area contributed by atoms with Gasteiger partial charge in [0, 0.05) is 39.7 Å². The number of ether oxygens (including phenoxy) is 1. The van der Waals surface area contributed by atoms with E-state index in [1.165, 1.54) is 23.1 Å². The van der Waals surface area contributed by atoms with Gasteiger partial charge < -0.3 is 15.0 Å². The van der Waals surface area contributed by atoms with Crippen LogP contribution < -0.4 is 5.32 Å². The summed E-state index contributed by atoms with van der Waals surface area (Å²) in [5.41, 5.74) is 3.87. The molecule has 4 nitrogen and oxygen atoms in total. The smallest absolute Gasteiger partial charge is 0.193 e. The third kappa shape index (κ3) is 4.60. The molecule has 4 heteroatoms. The van der Waals surface area contributed by atoms with Gasteiger partial charge in [-0.1, -0.05) is 54.6 Å². The largest absolute Gasteiger partial charge is 0.380 e. The van der Waals surface area contributed by atoms with Crippen molar-refractivity contribution in [2.75, 3.05) is 27.2 Å². The van der Waals surface area contributed by atoms with Crippen LogP contribution in [0, 0.1) is 0 Å². The van der Waals surface area contributed by atoms with Gasteiger partial charge in [-0.2, -0.15) is 0 Å². The molecule has 0 aromatic heterocycles. The molecule has 25 heavy (non-hydrogen) atoms. The molecule has 0 spiro atoms. The second kappa shape index (κ2) is 8.67. The summed E-state index contributed by atoms with van der Waals surface area (Å²) >= 11 is 0. The Balaban J connectivity index is 1.55. The van der Waals surface area contributed by atoms with Crippen LogP contribution in [0.5, 0.6) is 0 Å². The van der Waals surface area contributed by atoms with Gasteiger partial charge in [-0.25, -0.2) is 0 Å². The molecular formula is C21H27N3O. The number of nitrogens with one attached hydrogen (secondary N) is 1. The molecule has 132 valence electrons. The molecule has 1 aliphatic heterocycles. The van der Waals surface area contributed by atoms with Gasteiger partial charge in [0.15, 0.2) is 5.96 Å². The normalized spacial score (nSPS) is 17.8. The van der Waals surface area contributed by atoms with E-state index in [2.05, 4.69) is 69.8 Å². The standard InChI is InChI=1S/C21H27N3O/c1-22-21(23-14-17-8-10-18(11-9-17)16-25-2)24-13-12-20(15-24)19-6-4-3-5-7-19/h3-11,20H,12-16H2,1-2H3,(H,22,23). The van der Waals surface area contributed by atoms with E-state index in [1.54, 1.807) is 7.11 Å². The quantitative estimate of drug-likeness (QED) is 0.671. The topological polar surface area (TPSA) is 36.9 Å². The number of aliphatic imine (C=N–C) groups is 1. The van der Waals surface area contributed by atoms with Gasteiger partial charge in [-0.3, -0.25) is 4.99 Å². The Morgan fingerprint density at radius 2 is 1.84 bits per heavy atom.